The number of hydrogen-bond acceptors (Lipinski definition) is 2. The molecule has 4 rings (SSSR count). The number of rotatable bonds is 2. The summed E-state index contributed by atoms with van der Waals surface area (Å²) in [4.78, 5) is 17.8. The molecule has 1 aliphatic rings. The first-order valence-corrected chi connectivity index (χ1v) is 8.47. The molecular formula is C19H20FN3O. The summed E-state index contributed by atoms with van der Waals surface area (Å²) in [6.45, 7) is 3.28. The average Bonchev–Trinajstić information content (AvgIpc) is 2.74. The molecule has 5 heteroatoms. The van der Waals surface area contributed by atoms with Gasteiger partial charge in [-0.15, -0.1) is 0 Å². The van der Waals surface area contributed by atoms with E-state index in [0.717, 1.165) is 54.8 Å². The van der Waals surface area contributed by atoms with Gasteiger partial charge in [0.25, 0.3) is 5.56 Å². The van der Waals surface area contributed by atoms with Gasteiger partial charge in [-0.1, -0.05) is 18.6 Å². The summed E-state index contributed by atoms with van der Waals surface area (Å²) < 4.78 is 17.0. The molecule has 124 valence electrons. The SMILES string of the molecule is Cc1cc2nc3n(c(=O)c2n1Cc1ccc(F)cc1)CCCCC3. The summed E-state index contributed by atoms with van der Waals surface area (Å²) in [7, 11) is 0. The zero-order valence-corrected chi connectivity index (χ0v) is 13.8. The molecule has 3 heterocycles. The second kappa shape index (κ2) is 5.89. The lowest BCUT2D eigenvalue weighted by Crippen LogP contribution is -2.26. The first-order valence-electron chi connectivity index (χ1n) is 8.47. The molecule has 0 unspecified atom stereocenters. The van der Waals surface area contributed by atoms with Crippen molar-refractivity contribution in [3.8, 4) is 0 Å². The highest BCUT2D eigenvalue weighted by molar-refractivity contribution is 5.76. The van der Waals surface area contributed by atoms with Crippen LogP contribution in [0.3, 0.4) is 0 Å². The Hall–Kier alpha value is -2.43. The fourth-order valence-electron chi connectivity index (χ4n) is 3.54. The monoisotopic (exact) mass is 325 g/mol. The summed E-state index contributed by atoms with van der Waals surface area (Å²) in [6.07, 6.45) is 4.12. The van der Waals surface area contributed by atoms with Crippen LogP contribution in [0, 0.1) is 12.7 Å². The molecule has 2 aromatic heterocycles. The van der Waals surface area contributed by atoms with E-state index in [9.17, 15) is 9.18 Å². The smallest absolute Gasteiger partial charge is 0.278 e. The molecule has 0 saturated heterocycles. The highest BCUT2D eigenvalue weighted by atomic mass is 19.1. The quantitative estimate of drug-likeness (QED) is 0.724. The van der Waals surface area contributed by atoms with Crippen LogP contribution in [-0.2, 0) is 19.5 Å². The van der Waals surface area contributed by atoms with Gasteiger partial charge in [-0.05, 0) is 43.5 Å². The van der Waals surface area contributed by atoms with Crippen LogP contribution in [0.5, 0.6) is 0 Å². The average molecular weight is 325 g/mol. The number of aromatic nitrogens is 3. The fraction of sp³-hybridized carbons (Fsp3) is 0.368. The molecule has 0 amide bonds. The molecule has 0 atom stereocenters. The number of nitrogens with zero attached hydrogens (tertiary/aromatic N) is 3. The number of fused-ring (bicyclic) bond motifs is 2. The van der Waals surface area contributed by atoms with Gasteiger partial charge in [0.05, 0.1) is 5.52 Å². The lowest BCUT2D eigenvalue weighted by molar-refractivity contribution is 0.610. The minimum absolute atomic E-state index is 0.0483. The molecule has 0 saturated carbocycles. The highest BCUT2D eigenvalue weighted by Crippen LogP contribution is 2.20. The summed E-state index contributed by atoms with van der Waals surface area (Å²) in [5.74, 6) is 0.656. The van der Waals surface area contributed by atoms with Gasteiger partial charge in [-0.25, -0.2) is 9.37 Å². The Balaban J connectivity index is 1.86. The van der Waals surface area contributed by atoms with Crippen molar-refractivity contribution in [2.75, 3.05) is 0 Å². The molecule has 4 nitrogen and oxygen atoms in total. The Morgan fingerprint density at radius 2 is 1.96 bits per heavy atom. The second-order valence-corrected chi connectivity index (χ2v) is 6.53. The van der Waals surface area contributed by atoms with Crippen LogP contribution in [-0.4, -0.2) is 14.1 Å². The largest absolute Gasteiger partial charge is 0.335 e. The highest BCUT2D eigenvalue weighted by Gasteiger charge is 2.18. The standard InChI is InChI=1S/C19H20FN3O/c1-13-11-16-18(23(13)12-14-6-8-15(20)9-7-14)19(24)22-10-4-2-3-5-17(22)21-16/h6-9,11H,2-5,10,12H2,1H3. The fourth-order valence-corrected chi connectivity index (χ4v) is 3.54. The van der Waals surface area contributed by atoms with E-state index in [1.807, 2.05) is 22.1 Å². The zero-order chi connectivity index (χ0) is 16.7. The summed E-state index contributed by atoms with van der Waals surface area (Å²) in [6, 6.07) is 8.40. The van der Waals surface area contributed by atoms with Gasteiger partial charge < -0.3 is 4.57 Å². The Morgan fingerprint density at radius 3 is 2.75 bits per heavy atom. The van der Waals surface area contributed by atoms with E-state index in [-0.39, 0.29) is 11.4 Å². The Morgan fingerprint density at radius 1 is 1.17 bits per heavy atom. The maximum Gasteiger partial charge on any atom is 0.278 e. The topological polar surface area (TPSA) is 39.8 Å². The molecule has 3 aromatic rings. The van der Waals surface area contributed by atoms with Crippen LogP contribution in [0.2, 0.25) is 0 Å². The minimum Gasteiger partial charge on any atom is -0.335 e. The maximum atomic E-state index is 13.1. The van der Waals surface area contributed by atoms with Crippen molar-refractivity contribution in [3.63, 3.8) is 0 Å². The van der Waals surface area contributed by atoms with Crippen LogP contribution >= 0.6 is 0 Å². The molecule has 24 heavy (non-hydrogen) atoms. The van der Waals surface area contributed by atoms with Crippen LogP contribution in [0.4, 0.5) is 4.39 Å². The normalized spacial score (nSPS) is 14.6. The molecule has 0 radical (unpaired) electrons. The Kier molecular flexibility index (Phi) is 3.71. The van der Waals surface area contributed by atoms with E-state index in [0.29, 0.717) is 12.1 Å². The van der Waals surface area contributed by atoms with Gasteiger partial charge in [-0.2, -0.15) is 0 Å². The van der Waals surface area contributed by atoms with Crippen LogP contribution in [0.15, 0.2) is 35.1 Å². The van der Waals surface area contributed by atoms with Crippen molar-refractivity contribution < 1.29 is 4.39 Å². The van der Waals surface area contributed by atoms with Crippen LogP contribution < -0.4 is 5.56 Å². The molecule has 0 bridgehead atoms. The van der Waals surface area contributed by atoms with Gasteiger partial charge >= 0.3 is 0 Å². The van der Waals surface area contributed by atoms with Crippen LogP contribution in [0.25, 0.3) is 11.0 Å². The number of aryl methyl sites for hydroxylation is 2. The van der Waals surface area contributed by atoms with E-state index in [1.54, 1.807) is 12.1 Å². The molecular weight excluding hydrogens is 305 g/mol. The van der Waals surface area contributed by atoms with E-state index >= 15 is 0 Å². The zero-order valence-electron chi connectivity index (χ0n) is 13.8. The van der Waals surface area contributed by atoms with Crippen molar-refractivity contribution in [2.24, 2.45) is 0 Å². The predicted octanol–water partition coefficient (Wildman–Crippen LogP) is 3.42. The number of halogens is 1. The van der Waals surface area contributed by atoms with Crippen molar-refractivity contribution in [2.45, 2.75) is 45.7 Å². The third-order valence-corrected chi connectivity index (χ3v) is 4.83. The van der Waals surface area contributed by atoms with E-state index in [2.05, 4.69) is 0 Å². The molecule has 0 fully saturated rings. The second-order valence-electron chi connectivity index (χ2n) is 6.53. The predicted molar refractivity (Wildman–Crippen MR) is 91.8 cm³/mol. The molecule has 1 aliphatic heterocycles. The minimum atomic E-state index is -0.250. The van der Waals surface area contributed by atoms with Crippen LogP contribution in [0.1, 0.15) is 36.3 Å². The molecule has 1 aromatic carbocycles. The lowest BCUT2D eigenvalue weighted by atomic mass is 10.2. The van der Waals surface area contributed by atoms with Gasteiger partial charge in [0, 0.05) is 25.2 Å². The van der Waals surface area contributed by atoms with Crippen molar-refractivity contribution in [1.82, 2.24) is 14.1 Å². The third-order valence-electron chi connectivity index (χ3n) is 4.83. The lowest BCUT2D eigenvalue weighted by Gasteiger charge is -2.11. The van der Waals surface area contributed by atoms with Gasteiger partial charge in [0.2, 0.25) is 0 Å². The number of benzene rings is 1. The Bertz CT molecular complexity index is 953. The summed E-state index contributed by atoms with van der Waals surface area (Å²) in [5.41, 5.74) is 3.44. The molecule has 0 N–H and O–H groups in total. The van der Waals surface area contributed by atoms with Gasteiger partial charge in [0.1, 0.15) is 17.2 Å². The van der Waals surface area contributed by atoms with Gasteiger partial charge in [0.15, 0.2) is 0 Å². The summed E-state index contributed by atoms with van der Waals surface area (Å²) in [5, 5.41) is 0. The van der Waals surface area contributed by atoms with E-state index in [1.165, 1.54) is 12.1 Å². The first kappa shape index (κ1) is 15.1. The number of hydrogen-bond donors (Lipinski definition) is 0. The van der Waals surface area contributed by atoms with Crippen molar-refractivity contribution in [1.29, 1.82) is 0 Å². The van der Waals surface area contributed by atoms with Crippen molar-refractivity contribution in [3.05, 3.63) is 63.6 Å². The molecule has 0 aliphatic carbocycles. The first-order chi connectivity index (χ1) is 11.6. The van der Waals surface area contributed by atoms with E-state index in [4.69, 9.17) is 4.98 Å². The third kappa shape index (κ3) is 2.54. The van der Waals surface area contributed by atoms with Gasteiger partial charge in [-0.3, -0.25) is 9.36 Å². The summed E-state index contributed by atoms with van der Waals surface area (Å²) >= 11 is 0. The molecule has 0 spiro atoms. The van der Waals surface area contributed by atoms with Crippen molar-refractivity contribution >= 4 is 11.0 Å². The Labute approximate surface area is 139 Å². The van der Waals surface area contributed by atoms with E-state index < -0.39 is 0 Å². The maximum absolute atomic E-state index is 13.1.